The van der Waals surface area contributed by atoms with Crippen LogP contribution in [0.1, 0.15) is 27.2 Å². The van der Waals surface area contributed by atoms with E-state index in [1.54, 1.807) is 0 Å². The molecule has 0 aromatic rings. The molecule has 0 aliphatic carbocycles. The van der Waals surface area contributed by atoms with Gasteiger partial charge in [0.15, 0.2) is 0 Å². The van der Waals surface area contributed by atoms with Crippen LogP contribution in [0.4, 0.5) is 0 Å². The van der Waals surface area contributed by atoms with Gasteiger partial charge in [0.1, 0.15) is 0 Å². The van der Waals surface area contributed by atoms with Gasteiger partial charge in [0.05, 0.1) is 0 Å². The van der Waals surface area contributed by atoms with Crippen LogP contribution in [-0.2, 0) is 0 Å². The third-order valence-electron chi connectivity index (χ3n) is 0.986. The van der Waals surface area contributed by atoms with Gasteiger partial charge in [-0.1, -0.05) is 19.4 Å². The molecule has 0 spiro atoms. The molecule has 0 atom stereocenters. The third kappa shape index (κ3) is 15.6. The van der Waals surface area contributed by atoms with E-state index in [4.69, 9.17) is 0 Å². The molecule has 0 unspecified atom stereocenters. The van der Waals surface area contributed by atoms with Crippen LogP contribution in [0, 0.1) is 0 Å². The van der Waals surface area contributed by atoms with Crippen molar-refractivity contribution >= 4 is 0 Å². The zero-order valence-corrected chi connectivity index (χ0v) is 8.07. The van der Waals surface area contributed by atoms with Crippen molar-refractivity contribution in [1.29, 1.82) is 0 Å². The minimum atomic E-state index is 1.12. The molecule has 0 aliphatic rings. The maximum absolute atomic E-state index is 3.80. The quantitative estimate of drug-likeness (QED) is 0.549. The lowest BCUT2D eigenvalue weighted by atomic mass is 10.2. The summed E-state index contributed by atoms with van der Waals surface area (Å²) in [6.07, 6.45) is 1.12. The number of rotatable bonds is 3. The van der Waals surface area contributed by atoms with Crippen LogP contribution in [0.25, 0.3) is 0 Å². The molecule has 1 nitrogen and oxygen atoms in total. The Morgan fingerprint density at radius 2 is 1.70 bits per heavy atom. The molecule has 1 heteroatoms. The van der Waals surface area contributed by atoms with Crippen molar-refractivity contribution in [2.24, 2.45) is 0 Å². The predicted octanol–water partition coefficient (Wildman–Crippen LogP) is 2.54. The highest BCUT2D eigenvalue weighted by Crippen LogP contribution is 1.94. The lowest BCUT2D eigenvalue weighted by molar-refractivity contribution is 0.413. The maximum Gasteiger partial charge on any atom is 0.00123 e. The van der Waals surface area contributed by atoms with E-state index in [1.165, 1.54) is 5.57 Å². The molecule has 0 saturated carbocycles. The molecule has 10 heavy (non-hydrogen) atoms. The molecule has 0 aromatic carbocycles. The van der Waals surface area contributed by atoms with Crippen molar-refractivity contribution in [2.75, 3.05) is 20.6 Å². The molecular weight excluding hydrogens is 122 g/mol. The zero-order chi connectivity index (χ0) is 8.57. The number of hydrogen-bond donors (Lipinski definition) is 0. The Kier molecular flexibility index (Phi) is 10.8. The van der Waals surface area contributed by atoms with E-state index in [9.17, 15) is 0 Å². The van der Waals surface area contributed by atoms with Crippen molar-refractivity contribution < 1.29 is 0 Å². The first-order chi connectivity index (χ1) is 4.63. The smallest absolute Gasteiger partial charge is 0.00123 e. The fourth-order valence-electron chi connectivity index (χ4n) is 0.414. The van der Waals surface area contributed by atoms with Crippen LogP contribution in [-0.4, -0.2) is 25.5 Å². The van der Waals surface area contributed by atoms with Gasteiger partial charge in [-0.25, -0.2) is 0 Å². The second-order valence-corrected chi connectivity index (χ2v) is 2.51. The summed E-state index contributed by atoms with van der Waals surface area (Å²) in [5.74, 6) is 0. The summed E-state index contributed by atoms with van der Waals surface area (Å²) < 4.78 is 0. The highest BCUT2D eigenvalue weighted by Gasteiger charge is 1.87. The van der Waals surface area contributed by atoms with Crippen molar-refractivity contribution in [3.05, 3.63) is 12.2 Å². The van der Waals surface area contributed by atoms with E-state index < -0.39 is 0 Å². The van der Waals surface area contributed by atoms with E-state index in [2.05, 4.69) is 32.5 Å². The fourth-order valence-corrected chi connectivity index (χ4v) is 0.414. The van der Waals surface area contributed by atoms with Crippen LogP contribution >= 0.6 is 0 Å². The van der Waals surface area contributed by atoms with Gasteiger partial charge in [0, 0.05) is 6.54 Å². The van der Waals surface area contributed by atoms with Gasteiger partial charge >= 0.3 is 0 Å². The van der Waals surface area contributed by atoms with Crippen LogP contribution in [0.3, 0.4) is 0 Å². The zero-order valence-electron chi connectivity index (χ0n) is 8.07. The molecule has 62 valence electrons. The molecule has 0 fully saturated rings. The second kappa shape index (κ2) is 8.70. The Hall–Kier alpha value is -0.300. The summed E-state index contributed by atoms with van der Waals surface area (Å²) in [5.41, 5.74) is 1.26. The van der Waals surface area contributed by atoms with Crippen molar-refractivity contribution in [3.8, 4) is 0 Å². The van der Waals surface area contributed by atoms with Crippen LogP contribution in [0.15, 0.2) is 12.2 Å². The number of hydrogen-bond acceptors (Lipinski definition) is 1. The van der Waals surface area contributed by atoms with Crippen molar-refractivity contribution in [3.63, 3.8) is 0 Å². The second-order valence-electron chi connectivity index (χ2n) is 2.51. The Morgan fingerprint density at radius 3 is 1.80 bits per heavy atom. The molecule has 0 saturated heterocycles. The minimum absolute atomic E-state index is 1.12. The summed E-state index contributed by atoms with van der Waals surface area (Å²) in [4.78, 5) is 2.16. The first kappa shape index (κ1) is 12.4. The molecule has 0 rings (SSSR count). The van der Waals surface area contributed by atoms with E-state index >= 15 is 0 Å². The molecular formula is C9H21N. The van der Waals surface area contributed by atoms with Crippen LogP contribution < -0.4 is 0 Å². The Morgan fingerprint density at radius 1 is 1.30 bits per heavy atom. The van der Waals surface area contributed by atoms with Gasteiger partial charge in [0.25, 0.3) is 0 Å². The van der Waals surface area contributed by atoms with Gasteiger partial charge in [-0.15, -0.1) is 6.58 Å². The fraction of sp³-hybridized carbons (Fsp3) is 0.778. The van der Waals surface area contributed by atoms with Gasteiger partial charge < -0.3 is 4.90 Å². The van der Waals surface area contributed by atoms with Gasteiger partial charge in [0.2, 0.25) is 0 Å². The van der Waals surface area contributed by atoms with Gasteiger partial charge in [-0.05, 0) is 27.4 Å². The third-order valence-corrected chi connectivity index (χ3v) is 0.986. The normalized spacial score (nSPS) is 8.60. The summed E-state index contributed by atoms with van der Waals surface area (Å²) in [6.45, 7) is 11.0. The SMILES string of the molecule is C=C(C)CCN(C)C.CC. The summed E-state index contributed by atoms with van der Waals surface area (Å²) >= 11 is 0. The average molecular weight is 143 g/mol. The Balaban J connectivity index is 0. The molecule has 0 radical (unpaired) electrons. The van der Waals surface area contributed by atoms with E-state index in [-0.39, 0.29) is 0 Å². The molecule has 0 aromatic heterocycles. The van der Waals surface area contributed by atoms with E-state index in [0.29, 0.717) is 0 Å². The predicted molar refractivity (Wildman–Crippen MR) is 49.3 cm³/mol. The van der Waals surface area contributed by atoms with Crippen molar-refractivity contribution in [2.45, 2.75) is 27.2 Å². The lowest BCUT2D eigenvalue weighted by Gasteiger charge is -2.07. The first-order valence-electron chi connectivity index (χ1n) is 3.92. The van der Waals surface area contributed by atoms with Crippen molar-refractivity contribution in [1.82, 2.24) is 4.90 Å². The average Bonchev–Trinajstić information content (AvgIpc) is 1.89. The lowest BCUT2D eigenvalue weighted by Crippen LogP contribution is -2.12. The summed E-state index contributed by atoms with van der Waals surface area (Å²) in [7, 11) is 4.14. The molecule has 0 aliphatic heterocycles. The molecule has 0 amide bonds. The van der Waals surface area contributed by atoms with Gasteiger partial charge in [-0.3, -0.25) is 0 Å². The summed E-state index contributed by atoms with van der Waals surface area (Å²) in [6, 6.07) is 0. The standard InChI is InChI=1S/C7H15N.C2H6/c1-7(2)5-6-8(3)4;1-2/h1,5-6H2,2-4H3;1-2H3. The van der Waals surface area contributed by atoms with E-state index in [0.717, 1.165) is 13.0 Å². The first-order valence-corrected chi connectivity index (χ1v) is 3.92. The summed E-state index contributed by atoms with van der Waals surface area (Å²) in [5, 5.41) is 0. The number of nitrogens with zero attached hydrogens (tertiary/aromatic N) is 1. The topological polar surface area (TPSA) is 3.24 Å². The molecule has 0 N–H and O–H groups in total. The monoisotopic (exact) mass is 143 g/mol. The maximum atomic E-state index is 3.80. The Labute approximate surface area is 65.7 Å². The molecule has 0 bridgehead atoms. The largest absolute Gasteiger partial charge is 0.309 e. The van der Waals surface area contributed by atoms with E-state index in [1.807, 2.05) is 13.8 Å². The van der Waals surface area contributed by atoms with Gasteiger partial charge in [-0.2, -0.15) is 0 Å². The van der Waals surface area contributed by atoms with Crippen LogP contribution in [0.2, 0.25) is 0 Å². The molecule has 0 heterocycles. The highest BCUT2D eigenvalue weighted by atomic mass is 15.0. The van der Waals surface area contributed by atoms with Crippen LogP contribution in [0.5, 0.6) is 0 Å². The highest BCUT2D eigenvalue weighted by molar-refractivity contribution is 4.87. The Bertz CT molecular complexity index is 74.8. The minimum Gasteiger partial charge on any atom is -0.309 e.